The number of carbonyl (C=O) groups excluding carboxylic acids is 1. The highest BCUT2D eigenvalue weighted by molar-refractivity contribution is 6.05. The van der Waals surface area contributed by atoms with Crippen LogP contribution in [0.2, 0.25) is 0 Å². The molecule has 138 valence electrons. The Bertz CT molecular complexity index is 1210. The van der Waals surface area contributed by atoms with Crippen molar-refractivity contribution in [1.82, 2.24) is 0 Å². The zero-order valence-corrected chi connectivity index (χ0v) is 15.1. The molecule has 0 radical (unpaired) electrons. The molecular weight excluding hydrogens is 354 g/mol. The van der Waals surface area contributed by atoms with Gasteiger partial charge in [-0.25, -0.2) is 0 Å². The average Bonchev–Trinajstić information content (AvgIpc) is 2.74. The number of carbonyl (C=O) groups is 1. The van der Waals surface area contributed by atoms with E-state index in [-0.39, 0.29) is 22.8 Å². The molecule has 0 aliphatic heterocycles. The lowest BCUT2D eigenvalue weighted by molar-refractivity contribution is 0.102. The third kappa shape index (κ3) is 3.25. The van der Waals surface area contributed by atoms with Gasteiger partial charge in [-0.15, -0.1) is 0 Å². The molecule has 28 heavy (non-hydrogen) atoms. The van der Waals surface area contributed by atoms with Crippen LogP contribution in [0.4, 0.5) is 5.88 Å². The van der Waals surface area contributed by atoms with Gasteiger partial charge in [0.1, 0.15) is 11.3 Å². The van der Waals surface area contributed by atoms with E-state index in [4.69, 9.17) is 9.15 Å². The lowest BCUT2D eigenvalue weighted by Gasteiger charge is -2.12. The summed E-state index contributed by atoms with van der Waals surface area (Å²) in [5.74, 6) is 0.347. The minimum atomic E-state index is -0.358. The van der Waals surface area contributed by atoms with E-state index in [1.807, 2.05) is 6.07 Å². The molecule has 0 aliphatic carbocycles. The first-order valence-electron chi connectivity index (χ1n) is 8.74. The third-order valence-corrected chi connectivity index (χ3v) is 4.42. The van der Waals surface area contributed by atoms with E-state index < -0.39 is 0 Å². The van der Waals surface area contributed by atoms with Crippen LogP contribution < -0.4 is 15.5 Å². The summed E-state index contributed by atoms with van der Waals surface area (Å²) < 4.78 is 11.2. The van der Waals surface area contributed by atoms with Crippen molar-refractivity contribution in [2.45, 2.75) is 0 Å². The van der Waals surface area contributed by atoms with Crippen molar-refractivity contribution in [2.75, 3.05) is 12.4 Å². The van der Waals surface area contributed by atoms with Gasteiger partial charge in [-0.1, -0.05) is 42.5 Å². The predicted octanol–water partition coefficient (Wildman–Crippen LogP) is 4.72. The fourth-order valence-corrected chi connectivity index (χ4v) is 3.04. The van der Waals surface area contributed by atoms with Gasteiger partial charge in [0.05, 0.1) is 18.1 Å². The summed E-state index contributed by atoms with van der Waals surface area (Å²) >= 11 is 0. The molecular formula is C23H17NO4. The van der Waals surface area contributed by atoms with E-state index in [0.29, 0.717) is 27.8 Å². The Labute approximate surface area is 161 Å². The number of methoxy groups -OCH3 is 1. The van der Waals surface area contributed by atoms with Crippen LogP contribution in [-0.2, 0) is 0 Å². The molecule has 1 aromatic heterocycles. The number of amides is 1. The third-order valence-electron chi connectivity index (χ3n) is 4.42. The van der Waals surface area contributed by atoms with Gasteiger partial charge in [0.25, 0.3) is 5.91 Å². The number of nitrogens with one attached hydrogen (secondary N) is 1. The molecule has 4 rings (SSSR count). The molecule has 0 aliphatic rings. The summed E-state index contributed by atoms with van der Waals surface area (Å²) in [5, 5.41) is 3.19. The van der Waals surface area contributed by atoms with Crippen LogP contribution in [-0.4, -0.2) is 13.0 Å². The standard InChI is InChI=1S/C23H17NO4/c1-27-17-11-7-10-16(14-17)20-21(25)18-12-5-6-13-19(18)28-23(20)24-22(26)15-8-3-2-4-9-15/h2-14H,1H3,(H,24,26). The molecule has 0 saturated heterocycles. The molecule has 4 aromatic rings. The lowest BCUT2D eigenvalue weighted by atomic mass is 10.0. The van der Waals surface area contributed by atoms with Crippen LogP contribution in [0.15, 0.2) is 88.1 Å². The number of para-hydroxylation sites is 1. The van der Waals surface area contributed by atoms with Gasteiger partial charge in [0, 0.05) is 5.56 Å². The highest BCUT2D eigenvalue weighted by Gasteiger charge is 2.19. The normalized spacial score (nSPS) is 10.6. The van der Waals surface area contributed by atoms with Gasteiger partial charge < -0.3 is 9.15 Å². The first kappa shape index (κ1) is 17.5. The molecule has 0 bridgehead atoms. The summed E-state index contributed by atoms with van der Waals surface area (Å²) in [6.07, 6.45) is 0. The molecule has 0 spiro atoms. The summed E-state index contributed by atoms with van der Waals surface area (Å²) in [6, 6.07) is 22.8. The van der Waals surface area contributed by atoms with E-state index in [1.165, 1.54) is 0 Å². The number of hydrogen-bond donors (Lipinski definition) is 1. The smallest absolute Gasteiger partial charge is 0.257 e. The van der Waals surface area contributed by atoms with Crippen molar-refractivity contribution in [1.29, 1.82) is 0 Å². The molecule has 1 N–H and O–H groups in total. The molecule has 0 atom stereocenters. The molecule has 1 amide bonds. The van der Waals surface area contributed by atoms with Crippen LogP contribution in [0.5, 0.6) is 5.75 Å². The van der Waals surface area contributed by atoms with E-state index in [9.17, 15) is 9.59 Å². The zero-order valence-electron chi connectivity index (χ0n) is 15.1. The molecule has 1 heterocycles. The maximum atomic E-state index is 13.2. The van der Waals surface area contributed by atoms with Crippen molar-refractivity contribution in [3.8, 4) is 16.9 Å². The molecule has 3 aromatic carbocycles. The van der Waals surface area contributed by atoms with Crippen LogP contribution in [0.25, 0.3) is 22.1 Å². The van der Waals surface area contributed by atoms with Gasteiger partial charge in [0.2, 0.25) is 11.3 Å². The fourth-order valence-electron chi connectivity index (χ4n) is 3.04. The van der Waals surface area contributed by atoms with Gasteiger partial charge in [-0.05, 0) is 42.0 Å². The van der Waals surface area contributed by atoms with Crippen LogP contribution in [0, 0.1) is 0 Å². The number of benzene rings is 3. The van der Waals surface area contributed by atoms with Crippen LogP contribution >= 0.6 is 0 Å². The van der Waals surface area contributed by atoms with Crippen molar-refractivity contribution in [3.63, 3.8) is 0 Å². The highest BCUT2D eigenvalue weighted by atomic mass is 16.5. The number of ether oxygens (including phenoxy) is 1. The Hall–Kier alpha value is -3.86. The topological polar surface area (TPSA) is 68.5 Å². The van der Waals surface area contributed by atoms with Gasteiger partial charge >= 0.3 is 0 Å². The molecule has 0 unspecified atom stereocenters. The van der Waals surface area contributed by atoms with Gasteiger partial charge in [0.15, 0.2) is 0 Å². The van der Waals surface area contributed by atoms with E-state index in [1.54, 1.807) is 79.9 Å². The highest BCUT2D eigenvalue weighted by Crippen LogP contribution is 2.31. The minimum Gasteiger partial charge on any atom is -0.497 e. The summed E-state index contributed by atoms with van der Waals surface area (Å²) in [7, 11) is 1.56. The molecule has 5 heteroatoms. The van der Waals surface area contributed by atoms with E-state index in [0.717, 1.165) is 0 Å². The number of fused-ring (bicyclic) bond motifs is 1. The lowest BCUT2D eigenvalue weighted by Crippen LogP contribution is -2.16. The Morgan fingerprint density at radius 3 is 2.46 bits per heavy atom. The maximum Gasteiger partial charge on any atom is 0.257 e. The first-order valence-corrected chi connectivity index (χ1v) is 8.74. The zero-order chi connectivity index (χ0) is 19.5. The molecule has 0 saturated carbocycles. The number of hydrogen-bond acceptors (Lipinski definition) is 4. The molecule has 5 nitrogen and oxygen atoms in total. The maximum absolute atomic E-state index is 13.2. The summed E-state index contributed by atoms with van der Waals surface area (Å²) in [6.45, 7) is 0. The number of rotatable bonds is 4. The van der Waals surface area contributed by atoms with Crippen LogP contribution in [0.1, 0.15) is 10.4 Å². The summed E-state index contributed by atoms with van der Waals surface area (Å²) in [5.41, 5.74) is 1.53. The fraction of sp³-hybridized carbons (Fsp3) is 0.0435. The Morgan fingerprint density at radius 1 is 0.929 bits per heavy atom. The minimum absolute atomic E-state index is 0.103. The quantitative estimate of drug-likeness (QED) is 0.563. The second-order valence-electron chi connectivity index (χ2n) is 6.18. The summed E-state index contributed by atoms with van der Waals surface area (Å²) in [4.78, 5) is 25.9. The SMILES string of the molecule is COc1cccc(-c2c(NC(=O)c3ccccc3)oc3ccccc3c2=O)c1. The Morgan fingerprint density at radius 2 is 1.68 bits per heavy atom. The Balaban J connectivity index is 1.91. The Kier molecular flexibility index (Phi) is 4.64. The second-order valence-corrected chi connectivity index (χ2v) is 6.18. The second kappa shape index (κ2) is 7.40. The molecule has 0 fully saturated rings. The van der Waals surface area contributed by atoms with Gasteiger partial charge in [-0.2, -0.15) is 0 Å². The largest absolute Gasteiger partial charge is 0.497 e. The number of anilines is 1. The predicted molar refractivity (Wildman–Crippen MR) is 109 cm³/mol. The van der Waals surface area contributed by atoms with Crippen molar-refractivity contribution >= 4 is 22.8 Å². The average molecular weight is 371 g/mol. The van der Waals surface area contributed by atoms with Crippen molar-refractivity contribution in [3.05, 3.63) is 94.6 Å². The van der Waals surface area contributed by atoms with E-state index in [2.05, 4.69) is 5.32 Å². The van der Waals surface area contributed by atoms with Gasteiger partial charge in [-0.3, -0.25) is 14.9 Å². The van der Waals surface area contributed by atoms with Crippen molar-refractivity contribution < 1.29 is 13.9 Å². The monoisotopic (exact) mass is 371 g/mol. The first-order chi connectivity index (χ1) is 13.7. The van der Waals surface area contributed by atoms with Crippen molar-refractivity contribution in [2.24, 2.45) is 0 Å². The van der Waals surface area contributed by atoms with Crippen LogP contribution in [0.3, 0.4) is 0 Å². The van der Waals surface area contributed by atoms with E-state index >= 15 is 0 Å².